The Labute approximate surface area is 201 Å². The molecule has 4 aromatic heterocycles. The van der Waals surface area contributed by atoms with Crippen molar-refractivity contribution in [2.45, 2.75) is 20.0 Å². The summed E-state index contributed by atoms with van der Waals surface area (Å²) in [6.45, 7) is 3.50. The Hall–Kier alpha value is -4.81. The van der Waals surface area contributed by atoms with Gasteiger partial charge in [0.25, 0.3) is 5.91 Å². The third-order valence-electron chi connectivity index (χ3n) is 5.68. The number of nitrogens with zero attached hydrogens (tertiary/aromatic N) is 7. The van der Waals surface area contributed by atoms with E-state index in [2.05, 4.69) is 25.3 Å². The summed E-state index contributed by atoms with van der Waals surface area (Å²) in [5, 5.41) is 13.7. The molecule has 0 aliphatic heterocycles. The Morgan fingerprint density at radius 2 is 1.58 bits per heavy atom. The number of benzene rings is 1. The summed E-state index contributed by atoms with van der Waals surface area (Å²) in [5.41, 5.74) is 10.7. The van der Waals surface area contributed by atoms with Crippen LogP contribution >= 0.6 is 0 Å². The number of rotatable bonds is 4. The lowest BCUT2D eigenvalue weighted by Gasteiger charge is -2.12. The molecule has 13 heteroatoms. The van der Waals surface area contributed by atoms with Gasteiger partial charge in [-0.25, -0.2) is 9.67 Å². The first-order valence-corrected chi connectivity index (χ1v) is 10.6. The number of anilines is 1. The standard InChI is InChI=1S/C23H18F3N9O/c1-11-12(2)32-35(31-11)14-7-13(8-29-9-14)34-20(23(24,25)26)18(22(28)36)19(33-34)17-10-30-21(27)16-6-4-3-5-15(16)17/h3-10H,1-2H3,(H2,27,30)(H2,28,36). The average molecular weight is 493 g/mol. The van der Waals surface area contributed by atoms with Crippen molar-refractivity contribution >= 4 is 22.5 Å². The predicted molar refractivity (Wildman–Crippen MR) is 124 cm³/mol. The fourth-order valence-corrected chi connectivity index (χ4v) is 3.90. The predicted octanol–water partition coefficient (Wildman–Crippen LogP) is 3.38. The van der Waals surface area contributed by atoms with E-state index in [1.165, 1.54) is 29.5 Å². The van der Waals surface area contributed by atoms with Gasteiger partial charge in [-0.3, -0.25) is 9.78 Å². The van der Waals surface area contributed by atoms with Crippen molar-refractivity contribution in [3.8, 4) is 22.6 Å². The summed E-state index contributed by atoms with van der Waals surface area (Å²) in [6.07, 6.45) is -1.14. The number of carbonyl (C=O) groups excluding carboxylic acids is 1. The Kier molecular flexibility index (Phi) is 5.20. The SMILES string of the molecule is Cc1nn(-c2cncc(-n3nc(-c4cnc(N)c5ccccc45)c(C(N)=O)c3C(F)(F)F)c2)nc1C. The van der Waals surface area contributed by atoms with Gasteiger partial charge in [-0.1, -0.05) is 24.3 Å². The van der Waals surface area contributed by atoms with Crippen LogP contribution in [0.1, 0.15) is 27.4 Å². The average Bonchev–Trinajstić information content (AvgIpc) is 3.40. The third kappa shape index (κ3) is 3.70. The Morgan fingerprint density at radius 1 is 0.944 bits per heavy atom. The molecule has 5 aromatic rings. The highest BCUT2D eigenvalue weighted by molar-refractivity contribution is 6.07. The van der Waals surface area contributed by atoms with Crippen LogP contribution in [0, 0.1) is 13.8 Å². The molecule has 36 heavy (non-hydrogen) atoms. The molecular formula is C23H18F3N9O. The monoisotopic (exact) mass is 493 g/mol. The van der Waals surface area contributed by atoms with Gasteiger partial charge in [-0.05, 0) is 25.3 Å². The van der Waals surface area contributed by atoms with Crippen molar-refractivity contribution in [1.82, 2.24) is 34.7 Å². The van der Waals surface area contributed by atoms with Crippen LogP contribution in [0.25, 0.3) is 33.4 Å². The van der Waals surface area contributed by atoms with Crippen molar-refractivity contribution in [3.05, 3.63) is 71.6 Å². The van der Waals surface area contributed by atoms with Crippen LogP contribution in [0.2, 0.25) is 0 Å². The smallest absolute Gasteiger partial charge is 0.383 e. The van der Waals surface area contributed by atoms with E-state index >= 15 is 0 Å². The highest BCUT2D eigenvalue weighted by atomic mass is 19.4. The van der Waals surface area contributed by atoms with Crippen LogP contribution in [0.5, 0.6) is 0 Å². The minimum absolute atomic E-state index is 0.0751. The maximum atomic E-state index is 14.4. The van der Waals surface area contributed by atoms with Gasteiger partial charge < -0.3 is 11.5 Å². The number of aromatic nitrogens is 7. The third-order valence-corrected chi connectivity index (χ3v) is 5.68. The maximum Gasteiger partial charge on any atom is 0.434 e. The molecule has 0 radical (unpaired) electrons. The molecule has 4 heterocycles. The number of alkyl halides is 3. The van der Waals surface area contributed by atoms with E-state index in [-0.39, 0.29) is 22.8 Å². The van der Waals surface area contributed by atoms with Crippen LogP contribution in [-0.2, 0) is 6.18 Å². The molecule has 1 aromatic carbocycles. The molecule has 0 fully saturated rings. The second-order valence-electron chi connectivity index (χ2n) is 8.01. The normalized spacial score (nSPS) is 11.8. The van der Waals surface area contributed by atoms with Gasteiger partial charge in [0, 0.05) is 17.1 Å². The number of pyridine rings is 2. The largest absolute Gasteiger partial charge is 0.434 e. The van der Waals surface area contributed by atoms with E-state index in [9.17, 15) is 18.0 Å². The lowest BCUT2D eigenvalue weighted by molar-refractivity contribution is -0.143. The van der Waals surface area contributed by atoms with Gasteiger partial charge in [-0.2, -0.15) is 28.5 Å². The van der Waals surface area contributed by atoms with E-state index in [1.807, 2.05) is 0 Å². The number of fused-ring (bicyclic) bond motifs is 1. The van der Waals surface area contributed by atoms with Crippen molar-refractivity contribution < 1.29 is 18.0 Å². The zero-order valence-electron chi connectivity index (χ0n) is 18.9. The van der Waals surface area contributed by atoms with Crippen LogP contribution < -0.4 is 11.5 Å². The fourth-order valence-electron chi connectivity index (χ4n) is 3.90. The molecule has 0 saturated carbocycles. The zero-order valence-corrected chi connectivity index (χ0v) is 18.9. The molecule has 0 bridgehead atoms. The molecule has 4 N–H and O–H groups in total. The molecule has 5 rings (SSSR count). The zero-order chi connectivity index (χ0) is 25.8. The van der Waals surface area contributed by atoms with Crippen molar-refractivity contribution in [1.29, 1.82) is 0 Å². The van der Waals surface area contributed by atoms with Crippen molar-refractivity contribution in [2.75, 3.05) is 5.73 Å². The van der Waals surface area contributed by atoms with Gasteiger partial charge >= 0.3 is 6.18 Å². The molecule has 0 atom stereocenters. The van der Waals surface area contributed by atoms with E-state index in [1.54, 1.807) is 38.1 Å². The van der Waals surface area contributed by atoms with Crippen LogP contribution in [-0.4, -0.2) is 40.6 Å². The second-order valence-corrected chi connectivity index (χ2v) is 8.01. The fraction of sp³-hybridized carbons (Fsp3) is 0.130. The van der Waals surface area contributed by atoms with E-state index in [0.29, 0.717) is 32.5 Å². The number of hydrogen-bond acceptors (Lipinski definition) is 7. The Morgan fingerprint density at radius 3 is 2.22 bits per heavy atom. The number of aryl methyl sites for hydroxylation is 2. The number of primary amides is 1. The number of nitrogens with two attached hydrogens (primary N) is 2. The number of nitrogen functional groups attached to an aromatic ring is 1. The first-order valence-electron chi connectivity index (χ1n) is 10.6. The van der Waals surface area contributed by atoms with Gasteiger partial charge in [0.05, 0.1) is 35.0 Å². The first-order chi connectivity index (χ1) is 17.1. The van der Waals surface area contributed by atoms with E-state index in [4.69, 9.17) is 11.5 Å². The molecular weight excluding hydrogens is 475 g/mol. The summed E-state index contributed by atoms with van der Waals surface area (Å²) in [6, 6.07) is 8.09. The molecule has 182 valence electrons. The first kappa shape index (κ1) is 23.0. The number of hydrogen-bond donors (Lipinski definition) is 2. The molecule has 0 saturated heterocycles. The molecule has 0 aliphatic rings. The molecule has 0 unspecified atom stereocenters. The highest BCUT2D eigenvalue weighted by Crippen LogP contribution is 2.40. The van der Waals surface area contributed by atoms with Gasteiger partial charge in [0.15, 0.2) is 5.69 Å². The Bertz CT molecular complexity index is 1630. The number of amides is 1. The number of carbonyl (C=O) groups is 1. The van der Waals surface area contributed by atoms with Crippen molar-refractivity contribution in [3.63, 3.8) is 0 Å². The van der Waals surface area contributed by atoms with Gasteiger partial charge in [0.2, 0.25) is 0 Å². The quantitative estimate of drug-likeness (QED) is 0.391. The summed E-state index contributed by atoms with van der Waals surface area (Å²) in [4.78, 5) is 21.8. The maximum absolute atomic E-state index is 14.4. The molecule has 0 spiro atoms. The van der Waals surface area contributed by atoms with Crippen LogP contribution in [0.3, 0.4) is 0 Å². The molecule has 1 amide bonds. The minimum atomic E-state index is -4.99. The van der Waals surface area contributed by atoms with Gasteiger partial charge in [0.1, 0.15) is 17.2 Å². The minimum Gasteiger partial charge on any atom is -0.383 e. The van der Waals surface area contributed by atoms with E-state index in [0.717, 1.165) is 0 Å². The summed E-state index contributed by atoms with van der Waals surface area (Å²) < 4.78 is 43.8. The van der Waals surface area contributed by atoms with E-state index < -0.39 is 23.3 Å². The summed E-state index contributed by atoms with van der Waals surface area (Å²) in [7, 11) is 0. The van der Waals surface area contributed by atoms with Crippen molar-refractivity contribution in [2.24, 2.45) is 5.73 Å². The molecule has 10 nitrogen and oxygen atoms in total. The highest BCUT2D eigenvalue weighted by Gasteiger charge is 2.43. The van der Waals surface area contributed by atoms with Crippen LogP contribution in [0.15, 0.2) is 48.9 Å². The van der Waals surface area contributed by atoms with Gasteiger partial charge in [-0.15, -0.1) is 4.80 Å². The summed E-state index contributed by atoms with van der Waals surface area (Å²) >= 11 is 0. The topological polar surface area (TPSA) is 143 Å². The lowest BCUT2D eigenvalue weighted by atomic mass is 10.0. The second kappa shape index (κ2) is 8.15. The van der Waals surface area contributed by atoms with Crippen LogP contribution in [0.4, 0.5) is 19.0 Å². The number of halogens is 3. The molecule has 0 aliphatic carbocycles. The lowest BCUT2D eigenvalue weighted by Crippen LogP contribution is -2.21. The summed E-state index contributed by atoms with van der Waals surface area (Å²) in [5.74, 6) is -1.12. The Balaban J connectivity index is 1.81.